The van der Waals surface area contributed by atoms with E-state index in [4.69, 9.17) is 14.7 Å². The minimum absolute atomic E-state index is 0.132. The number of phenolic OH excluding ortho intramolecular Hbond substituents is 1. The number of aryl methyl sites for hydroxylation is 2. The van der Waals surface area contributed by atoms with Crippen molar-refractivity contribution in [3.8, 4) is 22.9 Å². The van der Waals surface area contributed by atoms with Gasteiger partial charge < -0.3 is 20.1 Å². The largest absolute Gasteiger partial charge is 0.508 e. The van der Waals surface area contributed by atoms with Crippen LogP contribution in [0.25, 0.3) is 32.8 Å². The lowest BCUT2D eigenvalue weighted by Crippen LogP contribution is -2.51. The lowest BCUT2D eigenvalue weighted by atomic mass is 9.90. The molecule has 4 aliphatic rings. The van der Waals surface area contributed by atoms with E-state index >= 15 is 4.39 Å². The van der Waals surface area contributed by atoms with Crippen molar-refractivity contribution in [2.24, 2.45) is 0 Å². The molecule has 1 aromatic heterocycles. The Morgan fingerprint density at radius 1 is 1.07 bits per heavy atom. The fraction of sp³-hybridized carbons (Fsp3) is 0.486. The molecule has 0 unspecified atom stereocenters. The molecule has 0 spiro atoms. The molecule has 2 N–H and O–H groups in total. The maximum absolute atomic E-state index is 15.0. The molecule has 7 nitrogen and oxygen atoms in total. The van der Waals surface area contributed by atoms with Crippen LogP contribution in [0.3, 0.4) is 0 Å². The monoisotopic (exact) mass is 599 g/mol. The van der Waals surface area contributed by atoms with E-state index in [1.807, 2.05) is 13.8 Å². The predicted molar refractivity (Wildman–Crippen MR) is 169 cm³/mol. The molecule has 0 amide bonds. The van der Waals surface area contributed by atoms with Crippen molar-refractivity contribution in [1.29, 1.82) is 0 Å². The molecular weight excluding hydrogens is 560 g/mol. The summed E-state index contributed by atoms with van der Waals surface area (Å²) in [6.45, 7) is 7.44. The fourth-order valence-electron chi connectivity index (χ4n) is 8.57. The van der Waals surface area contributed by atoms with E-state index in [-0.39, 0.29) is 17.1 Å². The number of phenols is 1. The molecule has 0 saturated carbocycles. The number of ether oxygens (including phenoxy) is 1. The maximum Gasteiger partial charge on any atom is 0.319 e. The average Bonchev–Trinajstić information content (AvgIpc) is 3.66. The van der Waals surface area contributed by atoms with Crippen LogP contribution in [-0.2, 0) is 6.42 Å². The van der Waals surface area contributed by atoms with E-state index < -0.39 is 6.17 Å². The van der Waals surface area contributed by atoms with Crippen molar-refractivity contribution >= 4 is 27.5 Å². The van der Waals surface area contributed by atoms with Crippen molar-refractivity contribution < 1.29 is 18.6 Å². The zero-order chi connectivity index (χ0) is 30.2. The molecule has 0 aliphatic carbocycles. The van der Waals surface area contributed by atoms with Gasteiger partial charge in [0.25, 0.3) is 0 Å². The van der Waals surface area contributed by atoms with Crippen LogP contribution in [0.2, 0.25) is 0 Å². The van der Waals surface area contributed by atoms with Gasteiger partial charge >= 0.3 is 6.01 Å². The quantitative estimate of drug-likeness (QED) is 0.279. The third-order valence-electron chi connectivity index (χ3n) is 10.6. The molecule has 4 aliphatic heterocycles. The van der Waals surface area contributed by atoms with Gasteiger partial charge in [0.05, 0.1) is 11.1 Å². The zero-order valence-corrected chi connectivity index (χ0v) is 25.4. The number of aromatic hydroxyl groups is 1. The van der Waals surface area contributed by atoms with Gasteiger partial charge in [-0.15, -0.1) is 0 Å². The van der Waals surface area contributed by atoms with Gasteiger partial charge in [0, 0.05) is 43.5 Å². The second-order valence-corrected chi connectivity index (χ2v) is 13.3. The zero-order valence-electron chi connectivity index (χ0n) is 25.4. The number of benzene rings is 3. The summed E-state index contributed by atoms with van der Waals surface area (Å²) >= 11 is 0. The highest BCUT2D eigenvalue weighted by Crippen LogP contribution is 2.43. The molecule has 4 atom stereocenters. The fourth-order valence-corrected chi connectivity index (χ4v) is 8.57. The van der Waals surface area contributed by atoms with Crippen molar-refractivity contribution in [2.45, 2.75) is 76.2 Å². The van der Waals surface area contributed by atoms with Crippen molar-refractivity contribution in [2.75, 3.05) is 37.7 Å². The normalized spacial score (nSPS) is 26.6. The Hall–Kier alpha value is -3.56. The SMILES string of the molecule is CCc1c(F)ccc2cc(O)cc(-c3ccc4c(N5C[C@H]6CC[C@@H](C5)N6)nc(OC[C@@]56CCCN5C[C@H](F)C6)nc4c3C)c12. The molecule has 0 radical (unpaired) electrons. The van der Waals surface area contributed by atoms with Crippen LogP contribution >= 0.6 is 0 Å². The van der Waals surface area contributed by atoms with Crippen molar-refractivity contribution in [3.05, 3.63) is 53.3 Å². The summed E-state index contributed by atoms with van der Waals surface area (Å²) in [5.41, 5.74) is 3.67. The lowest BCUT2D eigenvalue weighted by molar-refractivity contribution is 0.107. The number of aromatic nitrogens is 2. The Morgan fingerprint density at radius 3 is 2.68 bits per heavy atom. The summed E-state index contributed by atoms with van der Waals surface area (Å²) in [6.07, 6.45) is 4.45. The van der Waals surface area contributed by atoms with Crippen molar-refractivity contribution in [3.63, 3.8) is 0 Å². The standard InChI is InChI=1S/C35H39F2N5O2/c1-3-26-30(37)10-5-21-13-25(43)14-29(31(21)26)27-8-9-28-32(20(27)2)39-34(40-33(28)41-17-23-6-7-24(18-41)38-23)44-19-35-11-4-12-42(35)16-22(36)15-35/h5,8-10,13-14,22-24,38,43H,3-4,6-7,11-12,15-19H2,1-2H3/t22-,23-,24+,35+/m1/s1. The molecule has 44 heavy (non-hydrogen) atoms. The molecule has 5 heterocycles. The van der Waals surface area contributed by atoms with Crippen LogP contribution in [0.15, 0.2) is 36.4 Å². The third-order valence-corrected chi connectivity index (χ3v) is 10.6. The number of alkyl halides is 1. The molecule has 3 aromatic carbocycles. The second kappa shape index (κ2) is 10.5. The van der Waals surface area contributed by atoms with Crippen molar-refractivity contribution in [1.82, 2.24) is 20.2 Å². The van der Waals surface area contributed by atoms with Gasteiger partial charge in [0.15, 0.2) is 0 Å². The van der Waals surface area contributed by atoms with Crippen LogP contribution in [-0.4, -0.2) is 76.6 Å². The van der Waals surface area contributed by atoms with E-state index in [1.54, 1.807) is 18.2 Å². The van der Waals surface area contributed by atoms with Crippen LogP contribution in [0.5, 0.6) is 11.8 Å². The smallest absolute Gasteiger partial charge is 0.319 e. The first kappa shape index (κ1) is 28.0. The Balaban J connectivity index is 1.27. The first-order valence-corrected chi connectivity index (χ1v) is 16.1. The number of hydrogen-bond acceptors (Lipinski definition) is 7. The van der Waals surface area contributed by atoms with Crippen LogP contribution in [0.4, 0.5) is 14.6 Å². The van der Waals surface area contributed by atoms with Gasteiger partial charge in [-0.1, -0.05) is 19.1 Å². The molecule has 4 aromatic rings. The van der Waals surface area contributed by atoms with Gasteiger partial charge in [0.2, 0.25) is 0 Å². The summed E-state index contributed by atoms with van der Waals surface area (Å²) in [4.78, 5) is 14.6. The number of halogens is 2. The summed E-state index contributed by atoms with van der Waals surface area (Å²) in [7, 11) is 0. The molecule has 8 rings (SSSR count). The molecule has 4 fully saturated rings. The molecule has 9 heteroatoms. The maximum atomic E-state index is 15.0. The van der Waals surface area contributed by atoms with Gasteiger partial charge in [-0.05, 0) is 103 Å². The number of nitrogens with one attached hydrogen (secondary N) is 1. The first-order valence-electron chi connectivity index (χ1n) is 16.1. The Morgan fingerprint density at radius 2 is 1.89 bits per heavy atom. The van der Waals surface area contributed by atoms with Gasteiger partial charge in [-0.3, -0.25) is 4.90 Å². The van der Waals surface area contributed by atoms with E-state index in [0.717, 1.165) is 89.5 Å². The molecular formula is C35H39F2N5O2. The molecule has 230 valence electrons. The van der Waals surface area contributed by atoms with Gasteiger partial charge in [-0.25, -0.2) is 8.78 Å². The number of hydrogen-bond donors (Lipinski definition) is 2. The topological polar surface area (TPSA) is 73.8 Å². The Kier molecular flexibility index (Phi) is 6.68. The van der Waals surface area contributed by atoms with Crippen LogP contribution in [0.1, 0.15) is 50.2 Å². The third kappa shape index (κ3) is 4.50. The lowest BCUT2D eigenvalue weighted by Gasteiger charge is -2.35. The van der Waals surface area contributed by atoms with E-state index in [9.17, 15) is 9.50 Å². The Labute approximate surface area is 256 Å². The Bertz CT molecular complexity index is 1770. The van der Waals surface area contributed by atoms with E-state index in [1.165, 1.54) is 6.07 Å². The second-order valence-electron chi connectivity index (χ2n) is 13.3. The average molecular weight is 600 g/mol. The molecule has 2 bridgehead atoms. The van der Waals surface area contributed by atoms with E-state index in [0.29, 0.717) is 49.7 Å². The minimum Gasteiger partial charge on any atom is -0.508 e. The van der Waals surface area contributed by atoms with Crippen LogP contribution < -0.4 is 15.0 Å². The highest BCUT2D eigenvalue weighted by molar-refractivity contribution is 6.04. The summed E-state index contributed by atoms with van der Waals surface area (Å²) in [5.74, 6) is 0.740. The number of piperazine rings is 1. The summed E-state index contributed by atoms with van der Waals surface area (Å²) < 4.78 is 36.0. The highest BCUT2D eigenvalue weighted by Gasteiger charge is 2.49. The predicted octanol–water partition coefficient (Wildman–Crippen LogP) is 6.06. The number of nitrogens with zero attached hydrogens (tertiary/aromatic N) is 4. The first-order chi connectivity index (χ1) is 21.3. The number of rotatable bonds is 6. The van der Waals surface area contributed by atoms with E-state index in [2.05, 4.69) is 27.2 Å². The minimum atomic E-state index is -0.830. The summed E-state index contributed by atoms with van der Waals surface area (Å²) in [5, 5.41) is 17.0. The van der Waals surface area contributed by atoms with Crippen LogP contribution in [0, 0.1) is 12.7 Å². The van der Waals surface area contributed by atoms with Gasteiger partial charge in [-0.2, -0.15) is 9.97 Å². The van der Waals surface area contributed by atoms with Gasteiger partial charge in [0.1, 0.15) is 30.2 Å². The number of anilines is 1. The summed E-state index contributed by atoms with van der Waals surface area (Å²) in [6, 6.07) is 11.9. The number of fused-ring (bicyclic) bond motifs is 5. The highest BCUT2D eigenvalue weighted by atomic mass is 19.1. The molecule has 4 saturated heterocycles.